The average molecular weight is 414 g/mol. The fourth-order valence-electron chi connectivity index (χ4n) is 3.08. The standard InChI is InChI=1S/C24H27BN4O2/c1-3-5-23(30)29-22-14-24(27-16-26-22)31-21-10-8-20(9-11-21)28-17(2)12-18-6-4-7-19(13-18)15-25/h4,6-11,13-14,16,28H,2-3,5,12,15,25H2,1H3,(H,26,27,29,30). The van der Waals surface area contributed by atoms with Gasteiger partial charge in [-0.1, -0.05) is 49.7 Å². The second-order valence-corrected chi connectivity index (χ2v) is 7.24. The fourth-order valence-corrected chi connectivity index (χ4v) is 3.08. The molecule has 2 aromatic carbocycles. The van der Waals surface area contributed by atoms with E-state index >= 15 is 0 Å². The van der Waals surface area contributed by atoms with Crippen LogP contribution in [0.15, 0.2) is 73.2 Å². The number of aromatic nitrogens is 2. The minimum atomic E-state index is -0.0794. The molecule has 1 amide bonds. The zero-order chi connectivity index (χ0) is 22.1. The van der Waals surface area contributed by atoms with Crippen LogP contribution in [0.2, 0.25) is 0 Å². The molecule has 1 aromatic heterocycles. The average Bonchev–Trinajstić information content (AvgIpc) is 2.75. The molecule has 31 heavy (non-hydrogen) atoms. The van der Waals surface area contributed by atoms with Gasteiger partial charge in [0.1, 0.15) is 25.7 Å². The summed E-state index contributed by atoms with van der Waals surface area (Å²) in [5, 5.41) is 6.08. The summed E-state index contributed by atoms with van der Waals surface area (Å²) in [6.45, 7) is 6.09. The van der Waals surface area contributed by atoms with E-state index in [-0.39, 0.29) is 5.91 Å². The Balaban J connectivity index is 1.56. The molecule has 0 fully saturated rings. The van der Waals surface area contributed by atoms with Crippen molar-refractivity contribution in [1.29, 1.82) is 0 Å². The molecule has 0 aliphatic rings. The third kappa shape index (κ3) is 6.99. The van der Waals surface area contributed by atoms with Crippen molar-refractivity contribution < 1.29 is 9.53 Å². The first-order chi connectivity index (χ1) is 15.1. The maximum absolute atomic E-state index is 11.7. The first kappa shape index (κ1) is 22.1. The molecule has 0 saturated carbocycles. The lowest BCUT2D eigenvalue weighted by atomic mass is 9.95. The maximum Gasteiger partial charge on any atom is 0.225 e. The number of carbonyl (C=O) groups is 1. The Bertz CT molecular complexity index is 1040. The van der Waals surface area contributed by atoms with E-state index < -0.39 is 0 Å². The second kappa shape index (κ2) is 11.0. The highest BCUT2D eigenvalue weighted by atomic mass is 16.5. The molecule has 3 rings (SSSR count). The largest absolute Gasteiger partial charge is 0.439 e. The van der Waals surface area contributed by atoms with Gasteiger partial charge in [0.2, 0.25) is 11.8 Å². The molecule has 0 radical (unpaired) electrons. The van der Waals surface area contributed by atoms with Gasteiger partial charge in [-0.15, -0.1) is 0 Å². The lowest BCUT2D eigenvalue weighted by molar-refractivity contribution is -0.116. The monoisotopic (exact) mass is 414 g/mol. The van der Waals surface area contributed by atoms with Crippen molar-refractivity contribution in [3.63, 3.8) is 0 Å². The van der Waals surface area contributed by atoms with Crippen molar-refractivity contribution in [3.05, 3.63) is 84.3 Å². The summed E-state index contributed by atoms with van der Waals surface area (Å²) < 4.78 is 5.79. The van der Waals surface area contributed by atoms with Gasteiger partial charge in [0.05, 0.1) is 0 Å². The second-order valence-electron chi connectivity index (χ2n) is 7.24. The van der Waals surface area contributed by atoms with Crippen LogP contribution < -0.4 is 15.4 Å². The Labute approximate surface area is 184 Å². The fraction of sp³-hybridized carbons (Fsp3) is 0.208. The minimum absolute atomic E-state index is 0.0794. The van der Waals surface area contributed by atoms with Crippen LogP contribution in [0.1, 0.15) is 30.9 Å². The number of benzene rings is 2. The van der Waals surface area contributed by atoms with Crippen LogP contribution in [0.4, 0.5) is 11.5 Å². The molecule has 7 heteroatoms. The lowest BCUT2D eigenvalue weighted by Gasteiger charge is -2.12. The number of nitrogens with one attached hydrogen (secondary N) is 2. The Morgan fingerprint density at radius 3 is 2.58 bits per heavy atom. The molecular weight excluding hydrogens is 387 g/mol. The van der Waals surface area contributed by atoms with Crippen LogP contribution in [0.5, 0.6) is 11.6 Å². The van der Waals surface area contributed by atoms with Crippen molar-refractivity contribution in [2.75, 3.05) is 10.6 Å². The van der Waals surface area contributed by atoms with Crippen LogP contribution in [0, 0.1) is 0 Å². The molecule has 2 N–H and O–H groups in total. The summed E-state index contributed by atoms with van der Waals surface area (Å²) in [7, 11) is 2.15. The number of ether oxygens (including phenoxy) is 1. The molecular formula is C24H27BN4O2. The topological polar surface area (TPSA) is 76.1 Å². The van der Waals surface area contributed by atoms with E-state index in [1.807, 2.05) is 31.2 Å². The smallest absolute Gasteiger partial charge is 0.225 e. The van der Waals surface area contributed by atoms with Crippen molar-refractivity contribution in [2.45, 2.75) is 32.5 Å². The zero-order valence-corrected chi connectivity index (χ0v) is 18.0. The molecule has 0 atom stereocenters. The molecule has 0 aliphatic heterocycles. The van der Waals surface area contributed by atoms with Crippen LogP contribution >= 0.6 is 0 Å². The van der Waals surface area contributed by atoms with E-state index in [0.29, 0.717) is 23.9 Å². The van der Waals surface area contributed by atoms with Crippen molar-refractivity contribution in [1.82, 2.24) is 9.97 Å². The van der Waals surface area contributed by atoms with Gasteiger partial charge in [-0.2, -0.15) is 0 Å². The van der Waals surface area contributed by atoms with E-state index in [9.17, 15) is 4.79 Å². The highest BCUT2D eigenvalue weighted by Crippen LogP contribution is 2.23. The molecule has 3 aromatic rings. The Morgan fingerprint density at radius 2 is 1.84 bits per heavy atom. The number of nitrogens with zero attached hydrogens (tertiary/aromatic N) is 2. The minimum Gasteiger partial charge on any atom is -0.439 e. The number of amides is 1. The summed E-state index contributed by atoms with van der Waals surface area (Å²) in [6.07, 6.45) is 4.38. The predicted octanol–water partition coefficient (Wildman–Crippen LogP) is 4.31. The zero-order valence-electron chi connectivity index (χ0n) is 18.0. The highest BCUT2D eigenvalue weighted by molar-refractivity contribution is 6.08. The Hall–Kier alpha value is -3.61. The highest BCUT2D eigenvalue weighted by Gasteiger charge is 2.06. The van der Waals surface area contributed by atoms with Crippen molar-refractivity contribution in [3.8, 4) is 11.6 Å². The van der Waals surface area contributed by atoms with Gasteiger partial charge in [0.25, 0.3) is 0 Å². The summed E-state index contributed by atoms with van der Waals surface area (Å²) >= 11 is 0. The van der Waals surface area contributed by atoms with Gasteiger partial charge in [-0.3, -0.25) is 4.79 Å². The van der Waals surface area contributed by atoms with Gasteiger partial charge >= 0.3 is 0 Å². The normalized spacial score (nSPS) is 10.4. The van der Waals surface area contributed by atoms with Crippen LogP contribution in [-0.4, -0.2) is 23.7 Å². The quantitative estimate of drug-likeness (QED) is 0.484. The van der Waals surface area contributed by atoms with E-state index in [2.05, 4.69) is 59.3 Å². The third-order valence-electron chi connectivity index (χ3n) is 4.60. The summed E-state index contributed by atoms with van der Waals surface area (Å²) in [5.41, 5.74) is 4.41. The lowest BCUT2D eigenvalue weighted by Crippen LogP contribution is -2.11. The van der Waals surface area contributed by atoms with Gasteiger partial charge in [0.15, 0.2) is 0 Å². The van der Waals surface area contributed by atoms with Crippen LogP contribution in [-0.2, 0) is 17.5 Å². The van der Waals surface area contributed by atoms with Crippen LogP contribution in [0.25, 0.3) is 0 Å². The number of hydrogen-bond donors (Lipinski definition) is 2. The SMILES string of the molecule is BCc1cccc(CC(=C)Nc2ccc(Oc3cc(NC(=O)CCC)ncn3)cc2)c1. The Kier molecular flexibility index (Phi) is 7.82. The van der Waals surface area contributed by atoms with Gasteiger partial charge in [0, 0.05) is 30.3 Å². The molecule has 0 bridgehead atoms. The van der Waals surface area contributed by atoms with Crippen molar-refractivity contribution >= 4 is 25.3 Å². The summed E-state index contributed by atoms with van der Waals surface area (Å²) in [6, 6.07) is 17.7. The van der Waals surface area contributed by atoms with Gasteiger partial charge in [-0.05, 0) is 36.2 Å². The van der Waals surface area contributed by atoms with Gasteiger partial charge < -0.3 is 15.4 Å². The first-order valence-electron chi connectivity index (χ1n) is 10.5. The number of rotatable bonds is 10. The number of carbonyl (C=O) groups excluding carboxylic acids is 1. The number of allylic oxidation sites excluding steroid dienone is 1. The predicted molar refractivity (Wildman–Crippen MR) is 127 cm³/mol. The van der Waals surface area contributed by atoms with E-state index in [1.165, 1.54) is 17.5 Å². The molecule has 0 spiro atoms. The molecule has 0 aliphatic carbocycles. The van der Waals surface area contributed by atoms with Gasteiger partial charge in [-0.25, -0.2) is 9.97 Å². The molecule has 6 nitrogen and oxygen atoms in total. The first-order valence-corrected chi connectivity index (χ1v) is 10.5. The third-order valence-corrected chi connectivity index (χ3v) is 4.60. The molecule has 0 saturated heterocycles. The van der Waals surface area contributed by atoms with E-state index in [1.54, 1.807) is 6.07 Å². The van der Waals surface area contributed by atoms with E-state index in [0.717, 1.165) is 30.5 Å². The molecule has 0 unspecified atom stereocenters. The van der Waals surface area contributed by atoms with E-state index in [4.69, 9.17) is 4.74 Å². The summed E-state index contributed by atoms with van der Waals surface area (Å²) in [5.74, 6) is 1.34. The Morgan fingerprint density at radius 1 is 1.06 bits per heavy atom. The van der Waals surface area contributed by atoms with Crippen LogP contribution in [0.3, 0.4) is 0 Å². The number of hydrogen-bond acceptors (Lipinski definition) is 5. The molecule has 158 valence electrons. The number of anilines is 2. The van der Waals surface area contributed by atoms with Crippen molar-refractivity contribution in [2.24, 2.45) is 0 Å². The maximum atomic E-state index is 11.7. The molecule has 1 heterocycles. The summed E-state index contributed by atoms with van der Waals surface area (Å²) in [4.78, 5) is 19.9.